The van der Waals surface area contributed by atoms with Crippen LogP contribution in [0.3, 0.4) is 0 Å². The van der Waals surface area contributed by atoms with E-state index in [0.29, 0.717) is 17.4 Å². The van der Waals surface area contributed by atoms with Crippen molar-refractivity contribution in [2.45, 2.75) is 6.92 Å². The van der Waals surface area contributed by atoms with E-state index in [0.717, 1.165) is 5.56 Å². The van der Waals surface area contributed by atoms with E-state index in [4.69, 9.17) is 0 Å². The van der Waals surface area contributed by atoms with Crippen LogP contribution in [0, 0.1) is 11.5 Å². The molecule has 5 heteroatoms. The molecule has 19 heavy (non-hydrogen) atoms. The zero-order valence-electron chi connectivity index (χ0n) is 10.3. The van der Waals surface area contributed by atoms with Gasteiger partial charge in [-0.2, -0.15) is 4.99 Å². The van der Waals surface area contributed by atoms with Crippen LogP contribution >= 0.6 is 0 Å². The first kappa shape index (κ1) is 11.4. The van der Waals surface area contributed by atoms with E-state index in [2.05, 4.69) is 16.3 Å². The van der Waals surface area contributed by atoms with Crippen LogP contribution in [0.4, 0.5) is 0 Å². The van der Waals surface area contributed by atoms with Crippen LogP contribution in [0.5, 0.6) is 0 Å². The Bertz CT molecular complexity index is 707. The molecule has 3 rings (SSSR count). The number of nitriles is 1. The highest BCUT2D eigenvalue weighted by Crippen LogP contribution is 2.30. The maximum absolute atomic E-state index is 9.63. The minimum Gasteiger partial charge on any atom is -0.507 e. The molecule has 5 nitrogen and oxygen atoms in total. The molecular weight excluding hydrogens is 240 g/mol. The van der Waals surface area contributed by atoms with Crippen LogP contribution in [0.25, 0.3) is 0 Å². The Morgan fingerprint density at radius 3 is 2.63 bits per heavy atom. The van der Waals surface area contributed by atoms with Crippen molar-refractivity contribution in [3.63, 3.8) is 0 Å². The number of aliphatic imine (C=N–C) groups is 1. The summed E-state index contributed by atoms with van der Waals surface area (Å²) >= 11 is 0. The van der Waals surface area contributed by atoms with Gasteiger partial charge in [0, 0.05) is 18.6 Å². The van der Waals surface area contributed by atoms with Gasteiger partial charge in [0.25, 0.3) is 5.84 Å². The van der Waals surface area contributed by atoms with Crippen molar-refractivity contribution in [3.8, 4) is 6.19 Å². The normalized spacial score (nSPS) is 24.6. The number of allylic oxidation sites excluding steroid dienone is 2. The number of rotatable bonds is 1. The molecular formula is C14H11N4O+. The minimum absolute atomic E-state index is 0.0877. The molecule has 2 aliphatic rings. The molecule has 2 heterocycles. The van der Waals surface area contributed by atoms with Crippen LogP contribution in [0.15, 0.2) is 64.0 Å². The maximum atomic E-state index is 9.63. The first-order chi connectivity index (χ1) is 9.15. The molecule has 1 unspecified atom stereocenters. The molecule has 92 valence electrons. The summed E-state index contributed by atoms with van der Waals surface area (Å²) in [6.45, 7) is 1.75. The number of quaternary nitrogens is 1. The number of hydrogen-bond donors (Lipinski definition) is 1. The standard InChI is InChI=1S/C14H10N4O/c1-10-7-12(19)8-13-16-14(17-18(10,13)9-15)11-5-3-2-4-6-11/h2-8H,1H3/p+1. The van der Waals surface area contributed by atoms with Gasteiger partial charge in [-0.25, -0.2) is 0 Å². The smallest absolute Gasteiger partial charge is 0.350 e. The summed E-state index contributed by atoms with van der Waals surface area (Å²) in [6, 6.07) is 9.46. The lowest BCUT2D eigenvalue weighted by Gasteiger charge is -2.20. The molecule has 2 aliphatic heterocycles. The number of fused-ring (bicyclic) bond motifs is 1. The fourth-order valence-electron chi connectivity index (χ4n) is 2.13. The highest BCUT2D eigenvalue weighted by Gasteiger charge is 2.46. The molecule has 1 aromatic carbocycles. The first-order valence-electron chi connectivity index (χ1n) is 5.80. The predicted octanol–water partition coefficient (Wildman–Crippen LogP) is 2.42. The Labute approximate surface area is 110 Å². The van der Waals surface area contributed by atoms with Crippen LogP contribution in [-0.4, -0.2) is 21.4 Å². The highest BCUT2D eigenvalue weighted by molar-refractivity contribution is 6.10. The quantitative estimate of drug-likeness (QED) is 0.615. The van der Waals surface area contributed by atoms with Crippen molar-refractivity contribution in [3.05, 3.63) is 59.5 Å². The molecule has 0 aromatic heterocycles. The third-order valence-corrected chi connectivity index (χ3v) is 3.12. The van der Waals surface area contributed by atoms with Crippen LogP contribution in [0.1, 0.15) is 12.5 Å². The third kappa shape index (κ3) is 1.58. The van der Waals surface area contributed by atoms with Crippen molar-refractivity contribution in [1.82, 2.24) is 0 Å². The van der Waals surface area contributed by atoms with Crippen molar-refractivity contribution in [2.24, 2.45) is 10.1 Å². The molecule has 0 bridgehead atoms. The van der Waals surface area contributed by atoms with Gasteiger partial charge >= 0.3 is 6.19 Å². The Morgan fingerprint density at radius 1 is 1.21 bits per heavy atom. The first-order valence-corrected chi connectivity index (χ1v) is 5.80. The van der Waals surface area contributed by atoms with Gasteiger partial charge in [-0.3, -0.25) is 0 Å². The van der Waals surface area contributed by atoms with E-state index in [1.165, 1.54) is 12.2 Å². The Morgan fingerprint density at radius 2 is 1.95 bits per heavy atom. The molecule has 1 atom stereocenters. The number of aliphatic hydroxyl groups is 1. The van der Waals surface area contributed by atoms with Crippen molar-refractivity contribution < 1.29 is 9.70 Å². The van der Waals surface area contributed by atoms with Crippen LogP contribution < -0.4 is 0 Å². The average molecular weight is 251 g/mol. The Kier molecular flexibility index (Phi) is 2.34. The van der Waals surface area contributed by atoms with Gasteiger partial charge in [0.2, 0.25) is 5.84 Å². The van der Waals surface area contributed by atoms with Crippen molar-refractivity contribution in [1.29, 1.82) is 5.26 Å². The van der Waals surface area contributed by atoms with Crippen molar-refractivity contribution >= 4 is 11.7 Å². The third-order valence-electron chi connectivity index (χ3n) is 3.12. The van der Waals surface area contributed by atoms with E-state index >= 15 is 0 Å². The fraction of sp³-hybridized carbons (Fsp3) is 0.0714. The van der Waals surface area contributed by atoms with Gasteiger partial charge in [-0.05, 0) is 9.69 Å². The Balaban J connectivity index is 2.17. The van der Waals surface area contributed by atoms with Gasteiger partial charge < -0.3 is 5.11 Å². The molecule has 0 amide bonds. The zero-order chi connectivity index (χ0) is 13.5. The number of hydrogen-bond acceptors (Lipinski definition) is 4. The molecule has 0 radical (unpaired) electrons. The lowest BCUT2D eigenvalue weighted by atomic mass is 10.2. The van der Waals surface area contributed by atoms with Gasteiger partial charge in [-0.1, -0.05) is 30.3 Å². The summed E-state index contributed by atoms with van der Waals surface area (Å²) in [5.41, 5.74) is 1.46. The average Bonchev–Trinajstić information content (AvgIpc) is 2.80. The number of aliphatic hydroxyl groups excluding tert-OH is 1. The maximum Gasteiger partial charge on any atom is 0.350 e. The molecule has 1 N–H and O–H groups in total. The van der Waals surface area contributed by atoms with Crippen LogP contribution in [0.2, 0.25) is 0 Å². The lowest BCUT2D eigenvalue weighted by Crippen LogP contribution is -2.40. The molecule has 0 saturated carbocycles. The molecule has 0 spiro atoms. The Hall–Kier alpha value is -2.71. The second-order valence-electron chi connectivity index (χ2n) is 4.35. The topological polar surface area (TPSA) is 68.7 Å². The number of nitrogens with zero attached hydrogens (tertiary/aromatic N) is 4. The second-order valence-corrected chi connectivity index (χ2v) is 4.35. The zero-order valence-corrected chi connectivity index (χ0v) is 10.3. The second kappa shape index (κ2) is 3.90. The van der Waals surface area contributed by atoms with E-state index in [1.54, 1.807) is 6.92 Å². The number of benzene rings is 1. The largest absolute Gasteiger partial charge is 0.507 e. The monoisotopic (exact) mass is 251 g/mol. The fourth-order valence-corrected chi connectivity index (χ4v) is 2.13. The van der Waals surface area contributed by atoms with Crippen molar-refractivity contribution in [2.75, 3.05) is 0 Å². The SMILES string of the molecule is CC1=CC(O)=CC2=NC(c3ccccc3)=N[N+]12C#N. The van der Waals surface area contributed by atoms with Crippen LogP contribution in [-0.2, 0) is 0 Å². The summed E-state index contributed by atoms with van der Waals surface area (Å²) in [6.07, 6.45) is 5.14. The summed E-state index contributed by atoms with van der Waals surface area (Å²) < 4.78 is -0.339. The van der Waals surface area contributed by atoms with E-state index in [9.17, 15) is 10.4 Å². The number of amidine groups is 2. The van der Waals surface area contributed by atoms with Gasteiger partial charge in [0.05, 0.1) is 6.08 Å². The molecule has 0 fully saturated rings. The van der Waals surface area contributed by atoms with Gasteiger partial charge in [-0.15, -0.1) is 5.26 Å². The minimum atomic E-state index is -0.339. The van der Waals surface area contributed by atoms with E-state index < -0.39 is 0 Å². The predicted molar refractivity (Wildman–Crippen MR) is 70.8 cm³/mol. The summed E-state index contributed by atoms with van der Waals surface area (Å²) in [5.74, 6) is 1.000. The van der Waals surface area contributed by atoms with E-state index in [1.807, 2.05) is 30.3 Å². The van der Waals surface area contributed by atoms with Gasteiger partial charge in [0.15, 0.2) is 5.70 Å². The molecule has 1 aromatic rings. The summed E-state index contributed by atoms with van der Waals surface area (Å²) in [4.78, 5) is 4.36. The molecule has 0 saturated heterocycles. The summed E-state index contributed by atoms with van der Waals surface area (Å²) in [7, 11) is 0. The highest BCUT2D eigenvalue weighted by atomic mass is 16.3. The lowest BCUT2D eigenvalue weighted by molar-refractivity contribution is -0.735. The molecule has 0 aliphatic carbocycles. The van der Waals surface area contributed by atoms with E-state index in [-0.39, 0.29) is 10.4 Å². The summed E-state index contributed by atoms with van der Waals surface area (Å²) in [5, 5.41) is 23.5. The van der Waals surface area contributed by atoms with Gasteiger partial charge in [0.1, 0.15) is 5.76 Å².